The van der Waals surface area contributed by atoms with E-state index < -0.39 is 5.97 Å². The van der Waals surface area contributed by atoms with Crippen molar-refractivity contribution in [2.75, 3.05) is 17.7 Å². The highest BCUT2D eigenvalue weighted by molar-refractivity contribution is 7.99. The summed E-state index contributed by atoms with van der Waals surface area (Å²) in [5.41, 5.74) is 1.67. The molecule has 174 valence electrons. The van der Waals surface area contributed by atoms with E-state index in [1.807, 2.05) is 35.8 Å². The van der Waals surface area contributed by atoms with Crippen LogP contribution in [0.1, 0.15) is 33.7 Å². The summed E-state index contributed by atoms with van der Waals surface area (Å²) in [6, 6.07) is 7.75. The van der Waals surface area contributed by atoms with Crippen LogP contribution in [0.25, 0.3) is 0 Å². The van der Waals surface area contributed by atoms with E-state index in [9.17, 15) is 9.59 Å². The smallest absolute Gasteiger partial charge is 0.350 e. The quantitative estimate of drug-likeness (QED) is 0.245. The molecule has 3 aromatic rings. The van der Waals surface area contributed by atoms with Gasteiger partial charge in [-0.3, -0.25) is 9.36 Å². The van der Waals surface area contributed by atoms with E-state index >= 15 is 0 Å². The summed E-state index contributed by atoms with van der Waals surface area (Å²) in [7, 11) is 0. The van der Waals surface area contributed by atoms with Crippen molar-refractivity contribution in [2.24, 2.45) is 0 Å². The number of allylic oxidation sites excluding steroid dienone is 1. The topological polar surface area (TPSA) is 108 Å². The fourth-order valence-electron chi connectivity index (χ4n) is 2.75. The van der Waals surface area contributed by atoms with Gasteiger partial charge >= 0.3 is 5.97 Å². The minimum Gasteiger partial charge on any atom is -0.486 e. The Kier molecular flexibility index (Phi) is 8.61. The summed E-state index contributed by atoms with van der Waals surface area (Å²) in [6.45, 7) is 10.2. The first-order chi connectivity index (χ1) is 15.9. The Morgan fingerprint density at radius 2 is 2.00 bits per heavy atom. The summed E-state index contributed by atoms with van der Waals surface area (Å²) in [5, 5.41) is 12.0. The third-order valence-electron chi connectivity index (χ3n) is 4.33. The maximum absolute atomic E-state index is 12.4. The van der Waals surface area contributed by atoms with Crippen molar-refractivity contribution in [3.8, 4) is 5.75 Å². The van der Waals surface area contributed by atoms with Gasteiger partial charge in [-0.05, 0) is 32.9 Å². The molecule has 0 fully saturated rings. The number of carbonyl (C=O) groups excluding carboxylic acids is 2. The van der Waals surface area contributed by atoms with Gasteiger partial charge in [0.25, 0.3) is 0 Å². The lowest BCUT2D eigenvalue weighted by molar-refractivity contribution is -0.113. The summed E-state index contributed by atoms with van der Waals surface area (Å²) in [4.78, 5) is 29.0. The number of anilines is 1. The average molecular weight is 488 g/mol. The molecule has 0 radical (unpaired) electrons. The Bertz CT molecular complexity index is 1120. The predicted molar refractivity (Wildman–Crippen MR) is 128 cm³/mol. The lowest BCUT2D eigenvalue weighted by Gasteiger charge is -2.09. The van der Waals surface area contributed by atoms with Gasteiger partial charge in [0.15, 0.2) is 16.1 Å². The number of ether oxygens (including phenoxy) is 2. The van der Waals surface area contributed by atoms with Crippen molar-refractivity contribution in [3.63, 3.8) is 0 Å². The number of carbonyl (C=O) groups is 2. The van der Waals surface area contributed by atoms with Crippen LogP contribution >= 0.6 is 23.1 Å². The number of hydrogen-bond acceptors (Lipinski definition) is 9. The predicted octanol–water partition coefficient (Wildman–Crippen LogP) is 4.02. The second-order valence-electron chi connectivity index (χ2n) is 6.89. The zero-order valence-corrected chi connectivity index (χ0v) is 20.3. The first kappa shape index (κ1) is 24.5. The first-order valence-corrected chi connectivity index (χ1v) is 12.0. The van der Waals surface area contributed by atoms with Gasteiger partial charge in [0.1, 0.15) is 17.2 Å². The Hall–Kier alpha value is -3.18. The van der Waals surface area contributed by atoms with Gasteiger partial charge in [-0.15, -0.1) is 16.8 Å². The van der Waals surface area contributed by atoms with Crippen LogP contribution in [-0.2, 0) is 22.7 Å². The Labute approximate surface area is 200 Å². The van der Waals surface area contributed by atoms with Gasteiger partial charge in [0.05, 0.1) is 18.1 Å². The van der Waals surface area contributed by atoms with Gasteiger partial charge < -0.3 is 14.8 Å². The molecule has 0 aliphatic carbocycles. The lowest BCUT2D eigenvalue weighted by atomic mass is 10.2. The minimum absolute atomic E-state index is 0.0987. The van der Waals surface area contributed by atoms with E-state index in [2.05, 4.69) is 27.1 Å². The number of aryl methyl sites for hydroxylation is 2. The molecular weight excluding hydrogens is 462 g/mol. The van der Waals surface area contributed by atoms with E-state index in [0.717, 1.165) is 22.6 Å². The van der Waals surface area contributed by atoms with Crippen molar-refractivity contribution in [3.05, 3.63) is 58.9 Å². The summed E-state index contributed by atoms with van der Waals surface area (Å²) in [5.74, 6) is 0.757. The molecule has 0 spiro atoms. The molecule has 2 heterocycles. The summed E-state index contributed by atoms with van der Waals surface area (Å²) in [6.07, 6.45) is 1.73. The zero-order chi connectivity index (χ0) is 23.8. The van der Waals surface area contributed by atoms with Gasteiger partial charge in [0, 0.05) is 6.54 Å². The number of thiazole rings is 1. The number of nitrogens with zero attached hydrogens (tertiary/aromatic N) is 4. The molecule has 1 N–H and O–H groups in total. The average Bonchev–Trinajstić information content (AvgIpc) is 3.35. The Morgan fingerprint density at radius 1 is 1.24 bits per heavy atom. The van der Waals surface area contributed by atoms with Crippen LogP contribution in [-0.4, -0.2) is 44.0 Å². The van der Waals surface area contributed by atoms with E-state index in [1.54, 1.807) is 19.9 Å². The van der Waals surface area contributed by atoms with Crippen LogP contribution in [0, 0.1) is 13.8 Å². The van der Waals surface area contributed by atoms with Crippen molar-refractivity contribution < 1.29 is 19.1 Å². The van der Waals surface area contributed by atoms with Crippen LogP contribution < -0.4 is 10.1 Å². The molecule has 1 amide bonds. The number of rotatable bonds is 11. The van der Waals surface area contributed by atoms with Crippen LogP contribution in [0.15, 0.2) is 42.1 Å². The Morgan fingerprint density at radius 3 is 2.70 bits per heavy atom. The molecule has 0 atom stereocenters. The fraction of sp³-hybridized carbons (Fsp3) is 0.318. The number of nitrogens with one attached hydrogen (secondary N) is 1. The third-order valence-corrected chi connectivity index (χ3v) is 6.35. The number of amides is 1. The van der Waals surface area contributed by atoms with Gasteiger partial charge in [-0.25, -0.2) is 9.78 Å². The van der Waals surface area contributed by atoms with Crippen molar-refractivity contribution in [2.45, 2.75) is 39.1 Å². The minimum atomic E-state index is -0.444. The molecule has 0 aliphatic heterocycles. The number of esters is 1. The van der Waals surface area contributed by atoms with Crippen LogP contribution in [0.3, 0.4) is 0 Å². The highest BCUT2D eigenvalue weighted by Crippen LogP contribution is 2.24. The number of aromatic nitrogens is 4. The molecule has 33 heavy (non-hydrogen) atoms. The van der Waals surface area contributed by atoms with Crippen molar-refractivity contribution in [1.82, 2.24) is 19.7 Å². The van der Waals surface area contributed by atoms with Crippen LogP contribution in [0.2, 0.25) is 0 Å². The molecule has 0 bridgehead atoms. The second-order valence-corrected chi connectivity index (χ2v) is 8.83. The molecule has 9 nitrogen and oxygen atoms in total. The maximum atomic E-state index is 12.4. The molecule has 3 rings (SSSR count). The molecular formula is C22H25N5O4S2. The molecule has 0 saturated carbocycles. The number of thioether (sulfide) groups is 1. The zero-order valence-electron chi connectivity index (χ0n) is 18.7. The largest absolute Gasteiger partial charge is 0.486 e. The molecule has 1 aromatic carbocycles. The molecule has 0 aliphatic rings. The normalized spacial score (nSPS) is 10.6. The summed E-state index contributed by atoms with van der Waals surface area (Å²) >= 11 is 2.33. The van der Waals surface area contributed by atoms with Crippen molar-refractivity contribution in [1.29, 1.82) is 0 Å². The lowest BCUT2D eigenvalue weighted by Crippen LogP contribution is -2.15. The second kappa shape index (κ2) is 11.6. The molecule has 0 unspecified atom stereocenters. The van der Waals surface area contributed by atoms with Gasteiger partial charge in [0.2, 0.25) is 5.91 Å². The third kappa shape index (κ3) is 6.65. The molecule has 11 heteroatoms. The van der Waals surface area contributed by atoms with Crippen LogP contribution in [0.4, 0.5) is 5.13 Å². The van der Waals surface area contributed by atoms with E-state index in [4.69, 9.17) is 9.47 Å². The Balaban J connectivity index is 1.59. The highest BCUT2D eigenvalue weighted by Gasteiger charge is 2.19. The van der Waals surface area contributed by atoms with Crippen LogP contribution in [0.5, 0.6) is 5.75 Å². The SMILES string of the molecule is C=CCn1c(COc2ccc(C)cc2)nnc1SCC(=O)Nc1nc(C)c(C(=O)OCC)s1. The molecule has 2 aromatic heterocycles. The first-order valence-electron chi connectivity index (χ1n) is 10.2. The molecule has 0 saturated heterocycles. The van der Waals surface area contributed by atoms with Gasteiger partial charge in [-0.1, -0.05) is 46.9 Å². The standard InChI is InChI=1S/C22H25N5O4S2/c1-5-11-27-17(12-31-16-9-7-14(3)8-10-16)25-26-22(27)32-13-18(28)24-21-23-15(4)19(33-21)20(29)30-6-2/h5,7-10H,1,6,11-13H2,2-4H3,(H,23,24,28). The van der Waals surface area contributed by atoms with Gasteiger partial charge in [-0.2, -0.15) is 0 Å². The monoisotopic (exact) mass is 487 g/mol. The summed E-state index contributed by atoms with van der Waals surface area (Å²) < 4.78 is 12.7. The fourth-order valence-corrected chi connectivity index (χ4v) is 4.39. The van der Waals surface area contributed by atoms with Crippen molar-refractivity contribution >= 4 is 40.1 Å². The number of hydrogen-bond donors (Lipinski definition) is 1. The van der Waals surface area contributed by atoms with E-state index in [-0.39, 0.29) is 24.9 Å². The maximum Gasteiger partial charge on any atom is 0.350 e. The number of benzene rings is 1. The van der Waals surface area contributed by atoms with E-state index in [0.29, 0.717) is 33.2 Å². The highest BCUT2D eigenvalue weighted by atomic mass is 32.2. The van der Waals surface area contributed by atoms with E-state index in [1.165, 1.54) is 11.8 Å².